The van der Waals surface area contributed by atoms with Crippen LogP contribution in [0.15, 0.2) is 5.16 Å². The molecule has 4 nitrogen and oxygen atoms in total. The zero-order valence-electron chi connectivity index (χ0n) is 8.66. The van der Waals surface area contributed by atoms with Crippen molar-refractivity contribution in [2.75, 3.05) is 6.54 Å². The molecule has 1 unspecified atom stereocenters. The minimum Gasteiger partial charge on any atom is -0.409 e. The summed E-state index contributed by atoms with van der Waals surface area (Å²) in [7, 11) is 0. The maximum atomic E-state index is 8.27. The van der Waals surface area contributed by atoms with Crippen LogP contribution in [0.1, 0.15) is 32.6 Å². The average Bonchev–Trinajstić information content (AvgIpc) is 2.17. The van der Waals surface area contributed by atoms with Crippen molar-refractivity contribution in [3.05, 3.63) is 0 Å². The number of nitrogens with zero attached hydrogens (tertiary/aromatic N) is 1. The fourth-order valence-corrected chi connectivity index (χ4v) is 1.08. The van der Waals surface area contributed by atoms with Crippen LogP contribution in [0.3, 0.4) is 0 Å². The van der Waals surface area contributed by atoms with E-state index in [2.05, 4.69) is 23.3 Å². The molecule has 80 valence electrons. The minimum absolute atomic E-state index is 0.293. The summed E-state index contributed by atoms with van der Waals surface area (Å²) < 4.78 is 0. The zero-order chi connectivity index (χ0) is 10.8. The van der Waals surface area contributed by atoms with Crippen molar-refractivity contribution in [1.82, 2.24) is 5.32 Å². The molecule has 0 aliphatic rings. The molecule has 0 aliphatic carbocycles. The highest BCUT2D eigenvalue weighted by Gasteiger charge is 1.98. The Kier molecular flexibility index (Phi) is 7.67. The highest BCUT2D eigenvalue weighted by molar-refractivity contribution is 5.79. The van der Waals surface area contributed by atoms with Crippen LogP contribution in [0.4, 0.5) is 0 Å². The molecular formula is C10H19N3O. The molecule has 0 saturated carbocycles. The van der Waals surface area contributed by atoms with E-state index >= 15 is 0 Å². The number of amidine groups is 1. The van der Waals surface area contributed by atoms with Gasteiger partial charge in [-0.25, -0.2) is 0 Å². The third-order valence-corrected chi connectivity index (χ3v) is 1.90. The lowest BCUT2D eigenvalue weighted by Crippen LogP contribution is -2.26. The van der Waals surface area contributed by atoms with E-state index in [1.807, 2.05) is 0 Å². The van der Waals surface area contributed by atoms with Crippen LogP contribution in [0.25, 0.3) is 0 Å². The Balaban J connectivity index is 3.26. The first-order valence-corrected chi connectivity index (χ1v) is 4.84. The number of unbranched alkanes of at least 4 members (excludes halogenated alkanes) is 1. The van der Waals surface area contributed by atoms with Gasteiger partial charge in [0.25, 0.3) is 0 Å². The lowest BCUT2D eigenvalue weighted by molar-refractivity contribution is 0.316. The Hall–Kier alpha value is -1.21. The predicted molar refractivity (Wildman–Crippen MR) is 58.2 cm³/mol. The van der Waals surface area contributed by atoms with E-state index in [1.54, 1.807) is 0 Å². The van der Waals surface area contributed by atoms with Crippen LogP contribution in [0.2, 0.25) is 0 Å². The van der Waals surface area contributed by atoms with Crippen LogP contribution in [-0.4, -0.2) is 23.6 Å². The monoisotopic (exact) mass is 197 g/mol. The summed E-state index contributed by atoms with van der Waals surface area (Å²) in [4.78, 5) is 0. The first-order chi connectivity index (χ1) is 6.70. The molecule has 0 heterocycles. The molecule has 0 aromatic heterocycles. The molecule has 14 heavy (non-hydrogen) atoms. The number of nitrogens with one attached hydrogen (secondary N) is 1. The Morgan fingerprint density at radius 3 is 2.93 bits per heavy atom. The average molecular weight is 197 g/mol. The standard InChI is InChI=1S/C10H19N3O/c1-3-6-9(2)12-8-5-4-7-10(11)13-14/h1,9,12,14H,4-8H2,2H3,(H2,11,13). The summed E-state index contributed by atoms with van der Waals surface area (Å²) in [5, 5.41) is 14.5. The second-order valence-corrected chi connectivity index (χ2v) is 3.31. The van der Waals surface area contributed by atoms with Gasteiger partial charge in [-0.3, -0.25) is 0 Å². The molecule has 0 rings (SSSR count). The van der Waals surface area contributed by atoms with Crippen LogP contribution >= 0.6 is 0 Å². The van der Waals surface area contributed by atoms with Gasteiger partial charge in [-0.15, -0.1) is 12.3 Å². The van der Waals surface area contributed by atoms with Gasteiger partial charge in [0.15, 0.2) is 0 Å². The molecule has 4 heteroatoms. The fraction of sp³-hybridized carbons (Fsp3) is 0.700. The number of nitrogens with two attached hydrogens (primary N) is 1. The fourth-order valence-electron chi connectivity index (χ4n) is 1.08. The van der Waals surface area contributed by atoms with Crippen molar-refractivity contribution in [3.8, 4) is 12.3 Å². The van der Waals surface area contributed by atoms with Gasteiger partial charge in [0, 0.05) is 18.9 Å². The summed E-state index contributed by atoms with van der Waals surface area (Å²) in [5.41, 5.74) is 5.32. The van der Waals surface area contributed by atoms with Gasteiger partial charge in [0.2, 0.25) is 0 Å². The zero-order valence-corrected chi connectivity index (χ0v) is 8.66. The second-order valence-electron chi connectivity index (χ2n) is 3.31. The van der Waals surface area contributed by atoms with Gasteiger partial charge in [-0.1, -0.05) is 5.16 Å². The van der Waals surface area contributed by atoms with Crippen molar-refractivity contribution >= 4 is 5.84 Å². The molecule has 1 atom stereocenters. The normalized spacial score (nSPS) is 13.6. The SMILES string of the molecule is C#CCC(C)NCCCCC(N)=NO. The van der Waals surface area contributed by atoms with E-state index in [9.17, 15) is 0 Å². The van der Waals surface area contributed by atoms with Crippen molar-refractivity contribution in [2.24, 2.45) is 10.9 Å². The smallest absolute Gasteiger partial charge is 0.139 e. The van der Waals surface area contributed by atoms with Gasteiger partial charge in [-0.05, 0) is 26.3 Å². The van der Waals surface area contributed by atoms with Crippen molar-refractivity contribution in [1.29, 1.82) is 0 Å². The van der Waals surface area contributed by atoms with E-state index < -0.39 is 0 Å². The van der Waals surface area contributed by atoms with Gasteiger partial charge in [0.05, 0.1) is 0 Å². The third-order valence-electron chi connectivity index (χ3n) is 1.90. The molecule has 0 fully saturated rings. The van der Waals surface area contributed by atoms with Gasteiger partial charge in [-0.2, -0.15) is 0 Å². The number of oxime groups is 1. The third kappa shape index (κ3) is 7.44. The van der Waals surface area contributed by atoms with E-state index in [0.717, 1.165) is 25.8 Å². The summed E-state index contributed by atoms with van der Waals surface area (Å²) >= 11 is 0. The van der Waals surface area contributed by atoms with E-state index in [1.165, 1.54) is 0 Å². The van der Waals surface area contributed by atoms with Crippen LogP contribution in [0.5, 0.6) is 0 Å². The van der Waals surface area contributed by atoms with Crippen LogP contribution in [0, 0.1) is 12.3 Å². The molecule has 0 amide bonds. The molecule has 0 aromatic rings. The van der Waals surface area contributed by atoms with E-state index in [0.29, 0.717) is 18.3 Å². The molecule has 0 aliphatic heterocycles. The maximum absolute atomic E-state index is 8.27. The lowest BCUT2D eigenvalue weighted by Gasteiger charge is -2.09. The summed E-state index contributed by atoms with van der Waals surface area (Å²) in [5.74, 6) is 2.89. The number of hydrogen-bond acceptors (Lipinski definition) is 3. The highest BCUT2D eigenvalue weighted by Crippen LogP contribution is 1.95. The highest BCUT2D eigenvalue weighted by atomic mass is 16.4. The minimum atomic E-state index is 0.293. The largest absolute Gasteiger partial charge is 0.409 e. The predicted octanol–water partition coefficient (Wildman–Crippen LogP) is 0.905. The number of rotatable bonds is 7. The molecule has 0 spiro atoms. The van der Waals surface area contributed by atoms with Crippen LogP contribution < -0.4 is 11.1 Å². The van der Waals surface area contributed by atoms with Crippen molar-refractivity contribution in [3.63, 3.8) is 0 Å². The second kappa shape index (κ2) is 8.39. The Labute approximate surface area is 85.6 Å². The topological polar surface area (TPSA) is 70.6 Å². The Morgan fingerprint density at radius 2 is 2.36 bits per heavy atom. The quantitative estimate of drug-likeness (QED) is 0.142. The molecule has 4 N–H and O–H groups in total. The maximum Gasteiger partial charge on any atom is 0.139 e. The summed E-state index contributed by atoms with van der Waals surface area (Å²) in [6.45, 7) is 2.98. The molecule has 0 aromatic carbocycles. The van der Waals surface area contributed by atoms with E-state index in [4.69, 9.17) is 17.4 Å². The molecule has 0 bridgehead atoms. The van der Waals surface area contributed by atoms with Gasteiger partial charge < -0.3 is 16.3 Å². The Morgan fingerprint density at radius 1 is 1.64 bits per heavy atom. The van der Waals surface area contributed by atoms with Crippen molar-refractivity contribution in [2.45, 2.75) is 38.6 Å². The van der Waals surface area contributed by atoms with Gasteiger partial charge >= 0.3 is 0 Å². The van der Waals surface area contributed by atoms with Crippen molar-refractivity contribution < 1.29 is 5.21 Å². The summed E-state index contributed by atoms with van der Waals surface area (Å²) in [6, 6.07) is 0.365. The van der Waals surface area contributed by atoms with E-state index in [-0.39, 0.29) is 0 Å². The van der Waals surface area contributed by atoms with Gasteiger partial charge in [0.1, 0.15) is 5.84 Å². The number of terminal acetylenes is 1. The lowest BCUT2D eigenvalue weighted by atomic mass is 10.2. The van der Waals surface area contributed by atoms with Crippen LogP contribution in [-0.2, 0) is 0 Å². The molecule has 0 radical (unpaired) electrons. The Bertz CT molecular complexity index is 208. The number of hydrogen-bond donors (Lipinski definition) is 3. The summed E-state index contributed by atoms with van der Waals surface area (Å²) in [6.07, 6.45) is 8.49. The first kappa shape index (κ1) is 12.8. The molecular weight excluding hydrogens is 178 g/mol. The molecule has 0 saturated heterocycles. The first-order valence-electron chi connectivity index (χ1n) is 4.84.